The fourth-order valence-electron chi connectivity index (χ4n) is 1.01. The molecule has 1 aromatic carbocycles. The van der Waals surface area contributed by atoms with Gasteiger partial charge in [-0.25, -0.2) is 4.39 Å². The number of benzene rings is 1. The molecule has 0 unspecified atom stereocenters. The lowest BCUT2D eigenvalue weighted by atomic mass is 10.2. The number of ether oxygens (including phenoxy) is 1. The van der Waals surface area contributed by atoms with Gasteiger partial charge in [0.15, 0.2) is 11.6 Å². The zero-order chi connectivity index (χ0) is 10.6. The molecular weight excluding hydrogens is 206 g/mol. The maximum atomic E-state index is 13.2. The van der Waals surface area contributed by atoms with Crippen molar-refractivity contribution >= 4 is 18.7 Å². The van der Waals surface area contributed by atoms with Crippen LogP contribution in [0.3, 0.4) is 0 Å². The molecule has 0 aromatic heterocycles. The monoisotopic (exact) mass is 216 g/mol. The number of hydrogen-bond acceptors (Lipinski definition) is 2. The number of thiol groups is 1. The summed E-state index contributed by atoms with van der Waals surface area (Å²) in [6.07, 6.45) is 3.11. The Morgan fingerprint density at radius 3 is 2.64 bits per heavy atom. The maximum Gasteiger partial charge on any atom is 0.201 e. The highest BCUT2D eigenvalue weighted by molar-refractivity contribution is 7.80. The van der Waals surface area contributed by atoms with Gasteiger partial charge in [-0.3, -0.25) is 0 Å². The van der Waals surface area contributed by atoms with Crippen molar-refractivity contribution in [3.05, 3.63) is 35.4 Å². The number of rotatable bonds is 3. The summed E-state index contributed by atoms with van der Waals surface area (Å²) < 4.78 is 31.0. The second-order valence-electron chi connectivity index (χ2n) is 2.57. The molecule has 1 nitrogen and oxygen atoms in total. The van der Waals surface area contributed by atoms with E-state index in [1.165, 1.54) is 25.3 Å². The molecule has 0 N–H and O–H groups in total. The summed E-state index contributed by atoms with van der Waals surface area (Å²) in [6, 6.07) is 2.84. The first-order chi connectivity index (χ1) is 6.70. The quantitative estimate of drug-likeness (QED) is 0.764. The molecule has 0 amide bonds. The van der Waals surface area contributed by atoms with Crippen LogP contribution < -0.4 is 4.74 Å². The summed E-state index contributed by atoms with van der Waals surface area (Å²) in [5, 5.41) is 0. The SMILES string of the molecule is COc1ccc(C=CCS)c(F)c1F. The highest BCUT2D eigenvalue weighted by atomic mass is 32.1. The van der Waals surface area contributed by atoms with Crippen LogP contribution >= 0.6 is 12.6 Å². The maximum absolute atomic E-state index is 13.2. The van der Waals surface area contributed by atoms with Gasteiger partial charge in [-0.1, -0.05) is 12.2 Å². The van der Waals surface area contributed by atoms with E-state index in [-0.39, 0.29) is 11.3 Å². The Hall–Kier alpha value is -1.03. The van der Waals surface area contributed by atoms with Crippen molar-refractivity contribution < 1.29 is 13.5 Å². The molecule has 0 fully saturated rings. The van der Waals surface area contributed by atoms with E-state index in [4.69, 9.17) is 0 Å². The Morgan fingerprint density at radius 1 is 1.36 bits per heavy atom. The minimum Gasteiger partial charge on any atom is -0.494 e. The van der Waals surface area contributed by atoms with Gasteiger partial charge in [0.25, 0.3) is 0 Å². The zero-order valence-corrected chi connectivity index (χ0v) is 8.52. The van der Waals surface area contributed by atoms with E-state index in [1.54, 1.807) is 6.08 Å². The molecule has 0 bridgehead atoms. The van der Waals surface area contributed by atoms with E-state index < -0.39 is 11.6 Å². The van der Waals surface area contributed by atoms with Crippen LogP contribution in [-0.4, -0.2) is 12.9 Å². The first-order valence-corrected chi connectivity index (χ1v) is 4.63. The molecule has 0 aliphatic carbocycles. The first-order valence-electron chi connectivity index (χ1n) is 4.00. The topological polar surface area (TPSA) is 9.23 Å². The van der Waals surface area contributed by atoms with Gasteiger partial charge in [0.05, 0.1) is 7.11 Å². The number of hydrogen-bond donors (Lipinski definition) is 1. The fourth-order valence-corrected chi connectivity index (χ4v) is 1.12. The number of halogens is 2. The van der Waals surface area contributed by atoms with Crippen LogP contribution in [0.15, 0.2) is 18.2 Å². The Labute approximate surface area is 86.8 Å². The third kappa shape index (κ3) is 2.26. The lowest BCUT2D eigenvalue weighted by molar-refractivity contribution is 0.371. The molecule has 0 spiro atoms. The Morgan fingerprint density at radius 2 is 2.07 bits per heavy atom. The average molecular weight is 216 g/mol. The van der Waals surface area contributed by atoms with Gasteiger partial charge in [0, 0.05) is 11.3 Å². The average Bonchev–Trinajstić information content (AvgIpc) is 2.20. The summed E-state index contributed by atoms with van der Waals surface area (Å²) in [5.74, 6) is -1.48. The van der Waals surface area contributed by atoms with Gasteiger partial charge >= 0.3 is 0 Å². The summed E-state index contributed by atoms with van der Waals surface area (Å²) in [6.45, 7) is 0. The van der Waals surface area contributed by atoms with Crippen molar-refractivity contribution in [3.8, 4) is 5.75 Å². The Bertz CT molecular complexity index is 350. The predicted octanol–water partition coefficient (Wildman–Crippen LogP) is 2.92. The molecule has 0 atom stereocenters. The van der Waals surface area contributed by atoms with Crippen molar-refractivity contribution in [2.75, 3.05) is 12.9 Å². The molecule has 0 saturated heterocycles. The lowest BCUT2D eigenvalue weighted by Gasteiger charge is -2.04. The van der Waals surface area contributed by atoms with Gasteiger partial charge < -0.3 is 4.74 Å². The minimum atomic E-state index is -0.964. The van der Waals surface area contributed by atoms with Gasteiger partial charge in [-0.15, -0.1) is 0 Å². The molecule has 76 valence electrons. The Kier molecular flexibility index (Phi) is 3.95. The van der Waals surface area contributed by atoms with E-state index in [9.17, 15) is 8.78 Å². The third-order valence-corrected chi connectivity index (χ3v) is 1.91. The summed E-state index contributed by atoms with van der Waals surface area (Å²) in [5.41, 5.74) is 0.192. The van der Waals surface area contributed by atoms with Crippen molar-refractivity contribution in [1.29, 1.82) is 0 Å². The standard InChI is InChI=1S/C10H10F2OS/c1-13-8-5-4-7(3-2-6-14)9(11)10(8)12/h2-5,14H,6H2,1H3. The van der Waals surface area contributed by atoms with E-state index in [0.717, 1.165) is 0 Å². The van der Waals surface area contributed by atoms with E-state index in [2.05, 4.69) is 17.4 Å². The molecule has 4 heteroatoms. The van der Waals surface area contributed by atoms with Gasteiger partial charge in [-0.2, -0.15) is 17.0 Å². The molecule has 1 rings (SSSR count). The molecule has 0 heterocycles. The highest BCUT2D eigenvalue weighted by Gasteiger charge is 2.11. The third-order valence-electron chi connectivity index (χ3n) is 1.70. The number of methoxy groups -OCH3 is 1. The van der Waals surface area contributed by atoms with E-state index in [1.807, 2.05) is 0 Å². The summed E-state index contributed by atoms with van der Waals surface area (Å²) in [7, 11) is 1.29. The molecule has 0 aliphatic heterocycles. The molecular formula is C10H10F2OS. The highest BCUT2D eigenvalue weighted by Crippen LogP contribution is 2.22. The van der Waals surface area contributed by atoms with Crippen molar-refractivity contribution in [1.82, 2.24) is 0 Å². The normalized spacial score (nSPS) is 10.9. The summed E-state index contributed by atoms with van der Waals surface area (Å²) in [4.78, 5) is 0. The van der Waals surface area contributed by atoms with Crippen molar-refractivity contribution in [2.24, 2.45) is 0 Å². The van der Waals surface area contributed by atoms with Crippen molar-refractivity contribution in [3.63, 3.8) is 0 Å². The summed E-state index contributed by atoms with van der Waals surface area (Å²) >= 11 is 3.92. The van der Waals surface area contributed by atoms with Gasteiger partial charge in [-0.05, 0) is 12.1 Å². The van der Waals surface area contributed by atoms with Crippen LogP contribution in [0.1, 0.15) is 5.56 Å². The fraction of sp³-hybridized carbons (Fsp3) is 0.200. The molecule has 0 saturated carbocycles. The molecule has 1 aromatic rings. The second-order valence-corrected chi connectivity index (χ2v) is 2.94. The predicted molar refractivity (Wildman–Crippen MR) is 55.8 cm³/mol. The van der Waals surface area contributed by atoms with Crippen LogP contribution in [-0.2, 0) is 0 Å². The zero-order valence-electron chi connectivity index (χ0n) is 7.63. The van der Waals surface area contributed by atoms with Gasteiger partial charge in [0.1, 0.15) is 0 Å². The Balaban J connectivity index is 3.10. The van der Waals surface area contributed by atoms with Crippen molar-refractivity contribution in [2.45, 2.75) is 0 Å². The minimum absolute atomic E-state index is 0.0921. The van der Waals surface area contributed by atoms with Crippen LogP contribution in [0.2, 0.25) is 0 Å². The second kappa shape index (κ2) is 5.00. The molecule has 0 aliphatic rings. The van der Waals surface area contributed by atoms with Gasteiger partial charge in [0.2, 0.25) is 5.82 Å². The van der Waals surface area contributed by atoms with Crippen LogP contribution in [0.25, 0.3) is 6.08 Å². The largest absolute Gasteiger partial charge is 0.494 e. The lowest BCUT2D eigenvalue weighted by Crippen LogP contribution is -1.94. The molecule has 14 heavy (non-hydrogen) atoms. The van der Waals surface area contributed by atoms with E-state index >= 15 is 0 Å². The molecule has 0 radical (unpaired) electrons. The van der Waals surface area contributed by atoms with E-state index in [0.29, 0.717) is 5.75 Å². The van der Waals surface area contributed by atoms with Crippen LogP contribution in [0.5, 0.6) is 5.75 Å². The first kappa shape index (κ1) is 11.0. The van der Waals surface area contributed by atoms with Crippen LogP contribution in [0, 0.1) is 11.6 Å². The smallest absolute Gasteiger partial charge is 0.201 e. The van der Waals surface area contributed by atoms with Crippen LogP contribution in [0.4, 0.5) is 8.78 Å².